The topological polar surface area (TPSA) is 109 Å². The van der Waals surface area contributed by atoms with Crippen LogP contribution in [0.15, 0.2) is 10.6 Å². The van der Waals surface area contributed by atoms with Gasteiger partial charge < -0.3 is 4.42 Å². The van der Waals surface area contributed by atoms with Crippen LogP contribution in [0.1, 0.15) is 50.1 Å². The molecule has 2 heterocycles. The molecule has 0 saturated heterocycles. The fraction of sp³-hybridized carbons (Fsp3) is 0.500. The third-order valence-electron chi connectivity index (χ3n) is 3.51. The molecule has 0 spiro atoms. The molecule has 1 amide bonds. The molecule has 2 aromatic rings. The largest absolute Gasteiger partial charge is 0.445 e. The van der Waals surface area contributed by atoms with Gasteiger partial charge >= 0.3 is 0 Å². The van der Waals surface area contributed by atoms with Crippen LogP contribution in [0.3, 0.4) is 0 Å². The molecule has 2 aromatic heterocycles. The molecular weight excluding hydrogens is 308 g/mol. The lowest BCUT2D eigenvalue weighted by Gasteiger charge is -2.13. The van der Waals surface area contributed by atoms with Crippen LogP contribution in [-0.4, -0.2) is 20.7 Å². The van der Waals surface area contributed by atoms with E-state index in [9.17, 15) is 4.79 Å². The maximum absolute atomic E-state index is 12.0. The van der Waals surface area contributed by atoms with Crippen molar-refractivity contribution in [3.05, 3.63) is 29.1 Å². The van der Waals surface area contributed by atoms with E-state index in [1.54, 1.807) is 20.2 Å². The number of carbonyl (C=O) groups excluding carboxylic acids is 1. The molecule has 24 heavy (non-hydrogen) atoms. The minimum atomic E-state index is -0.228. The standard InChI is InChI=1S/C16H22N6O2/c1-10-11(8-17)15(22(5)21-10)20-19-13(23)6-7-14-18-9-12(24-14)16(2,3)4/h9,20H,6-7H2,1-5H3,(H,19,23). The molecule has 0 radical (unpaired) electrons. The lowest BCUT2D eigenvalue weighted by Crippen LogP contribution is -2.30. The van der Waals surface area contributed by atoms with E-state index in [2.05, 4.69) is 27.0 Å². The molecule has 0 bridgehead atoms. The zero-order valence-electron chi connectivity index (χ0n) is 14.6. The Hall–Kier alpha value is -2.82. The number of nitrogens with zero attached hydrogens (tertiary/aromatic N) is 4. The van der Waals surface area contributed by atoms with Crippen molar-refractivity contribution in [2.45, 2.75) is 46.0 Å². The number of anilines is 1. The number of rotatable bonds is 5. The number of aromatic nitrogens is 3. The average Bonchev–Trinajstić information content (AvgIpc) is 3.07. The first-order valence-electron chi connectivity index (χ1n) is 7.66. The molecular formula is C16H22N6O2. The predicted octanol–water partition coefficient (Wildman–Crippen LogP) is 1.96. The van der Waals surface area contributed by atoms with Crippen molar-refractivity contribution in [3.63, 3.8) is 0 Å². The number of aryl methyl sites for hydroxylation is 3. The fourth-order valence-corrected chi connectivity index (χ4v) is 2.12. The number of carbonyl (C=O) groups is 1. The molecule has 0 aromatic carbocycles. The maximum Gasteiger partial charge on any atom is 0.238 e. The van der Waals surface area contributed by atoms with Gasteiger partial charge in [0.1, 0.15) is 17.4 Å². The number of nitrogens with one attached hydrogen (secondary N) is 2. The highest BCUT2D eigenvalue weighted by molar-refractivity contribution is 5.77. The van der Waals surface area contributed by atoms with Crippen LogP contribution in [0.4, 0.5) is 5.82 Å². The van der Waals surface area contributed by atoms with Crippen LogP contribution >= 0.6 is 0 Å². The summed E-state index contributed by atoms with van der Waals surface area (Å²) in [6.07, 6.45) is 2.32. The van der Waals surface area contributed by atoms with E-state index >= 15 is 0 Å². The summed E-state index contributed by atoms with van der Waals surface area (Å²) < 4.78 is 7.16. The van der Waals surface area contributed by atoms with Gasteiger partial charge in [-0.15, -0.1) is 0 Å². The molecule has 8 nitrogen and oxygen atoms in total. The van der Waals surface area contributed by atoms with Gasteiger partial charge in [-0.05, 0) is 6.92 Å². The highest BCUT2D eigenvalue weighted by Crippen LogP contribution is 2.23. The summed E-state index contributed by atoms with van der Waals surface area (Å²) in [5, 5.41) is 13.3. The number of oxazole rings is 1. The van der Waals surface area contributed by atoms with Crippen LogP contribution < -0.4 is 10.9 Å². The number of hydrogen-bond donors (Lipinski definition) is 2. The van der Waals surface area contributed by atoms with Crippen LogP contribution in [-0.2, 0) is 23.7 Å². The molecule has 0 fully saturated rings. The Balaban J connectivity index is 1.89. The number of amides is 1. The normalized spacial score (nSPS) is 11.2. The third-order valence-corrected chi connectivity index (χ3v) is 3.51. The first kappa shape index (κ1) is 17.5. The van der Waals surface area contributed by atoms with E-state index in [1.807, 2.05) is 20.8 Å². The SMILES string of the molecule is Cc1nn(C)c(NNC(=O)CCc2ncc(C(C)(C)C)o2)c1C#N. The predicted molar refractivity (Wildman–Crippen MR) is 87.9 cm³/mol. The van der Waals surface area contributed by atoms with Gasteiger partial charge in [-0.25, -0.2) is 4.98 Å². The molecule has 0 aliphatic heterocycles. The molecule has 0 unspecified atom stereocenters. The quantitative estimate of drug-likeness (QED) is 0.811. The summed E-state index contributed by atoms with van der Waals surface area (Å²) in [7, 11) is 1.70. The Labute approximate surface area is 140 Å². The summed E-state index contributed by atoms with van der Waals surface area (Å²) in [6, 6.07) is 2.06. The van der Waals surface area contributed by atoms with Crippen molar-refractivity contribution in [2.24, 2.45) is 7.05 Å². The summed E-state index contributed by atoms with van der Waals surface area (Å²) in [5.74, 6) is 1.55. The third kappa shape index (κ3) is 3.93. The summed E-state index contributed by atoms with van der Waals surface area (Å²) in [6.45, 7) is 7.85. The number of nitriles is 1. The monoisotopic (exact) mass is 330 g/mol. The molecule has 2 N–H and O–H groups in total. The molecule has 0 saturated carbocycles. The first-order valence-corrected chi connectivity index (χ1v) is 7.66. The number of hydrazine groups is 1. The average molecular weight is 330 g/mol. The second-order valence-corrected chi connectivity index (χ2v) is 6.59. The summed E-state index contributed by atoms with van der Waals surface area (Å²) in [4.78, 5) is 16.1. The van der Waals surface area contributed by atoms with E-state index in [0.717, 1.165) is 5.76 Å². The molecule has 0 aliphatic rings. The van der Waals surface area contributed by atoms with Crippen molar-refractivity contribution in [3.8, 4) is 6.07 Å². The lowest BCUT2D eigenvalue weighted by molar-refractivity contribution is -0.120. The van der Waals surface area contributed by atoms with Crippen molar-refractivity contribution in [1.82, 2.24) is 20.2 Å². The van der Waals surface area contributed by atoms with Crippen LogP contribution in [0.2, 0.25) is 0 Å². The van der Waals surface area contributed by atoms with Gasteiger partial charge in [-0.3, -0.25) is 20.3 Å². The summed E-state index contributed by atoms with van der Waals surface area (Å²) >= 11 is 0. The maximum atomic E-state index is 12.0. The molecule has 0 atom stereocenters. The fourth-order valence-electron chi connectivity index (χ4n) is 2.12. The molecule has 8 heteroatoms. The van der Waals surface area contributed by atoms with Crippen LogP contribution in [0, 0.1) is 18.3 Å². The van der Waals surface area contributed by atoms with Gasteiger partial charge in [0, 0.05) is 25.3 Å². The van der Waals surface area contributed by atoms with Crippen LogP contribution in [0.5, 0.6) is 0 Å². The van der Waals surface area contributed by atoms with Gasteiger partial charge in [-0.2, -0.15) is 10.4 Å². The van der Waals surface area contributed by atoms with Crippen molar-refractivity contribution < 1.29 is 9.21 Å². The van der Waals surface area contributed by atoms with Crippen molar-refractivity contribution in [2.75, 3.05) is 5.43 Å². The molecule has 2 rings (SSSR count). The first-order chi connectivity index (χ1) is 11.2. The lowest BCUT2D eigenvalue weighted by atomic mass is 9.94. The Morgan fingerprint density at radius 2 is 2.17 bits per heavy atom. The van der Waals surface area contributed by atoms with Gasteiger partial charge in [0.05, 0.1) is 11.9 Å². The highest BCUT2D eigenvalue weighted by Gasteiger charge is 2.19. The van der Waals surface area contributed by atoms with Gasteiger partial charge in [0.25, 0.3) is 0 Å². The van der Waals surface area contributed by atoms with E-state index in [4.69, 9.17) is 9.68 Å². The van der Waals surface area contributed by atoms with Gasteiger partial charge in [0.2, 0.25) is 5.91 Å². The number of hydrogen-bond acceptors (Lipinski definition) is 6. The zero-order chi connectivity index (χ0) is 17.9. The summed E-state index contributed by atoms with van der Waals surface area (Å²) in [5.41, 5.74) is 6.21. The molecule has 128 valence electrons. The smallest absolute Gasteiger partial charge is 0.238 e. The highest BCUT2D eigenvalue weighted by atomic mass is 16.4. The van der Waals surface area contributed by atoms with E-state index in [-0.39, 0.29) is 17.7 Å². The second kappa shape index (κ2) is 6.74. The zero-order valence-corrected chi connectivity index (χ0v) is 14.6. The minimum absolute atomic E-state index is 0.111. The van der Waals surface area contributed by atoms with Crippen molar-refractivity contribution in [1.29, 1.82) is 5.26 Å². The Kier molecular flexibility index (Phi) is 4.93. The Bertz CT molecular complexity index is 776. The second-order valence-electron chi connectivity index (χ2n) is 6.59. The van der Waals surface area contributed by atoms with Gasteiger partial charge in [-0.1, -0.05) is 20.8 Å². The Morgan fingerprint density at radius 3 is 2.75 bits per heavy atom. The van der Waals surface area contributed by atoms with E-state index in [1.165, 1.54) is 4.68 Å². The van der Waals surface area contributed by atoms with E-state index in [0.29, 0.717) is 29.4 Å². The van der Waals surface area contributed by atoms with Crippen LogP contribution in [0.25, 0.3) is 0 Å². The van der Waals surface area contributed by atoms with Crippen molar-refractivity contribution >= 4 is 11.7 Å². The van der Waals surface area contributed by atoms with Gasteiger partial charge in [0.15, 0.2) is 11.7 Å². The molecule has 0 aliphatic carbocycles. The Morgan fingerprint density at radius 1 is 1.46 bits per heavy atom. The minimum Gasteiger partial charge on any atom is -0.445 e. The van der Waals surface area contributed by atoms with E-state index < -0.39 is 0 Å².